The molecule has 0 aromatic rings. The third-order valence-corrected chi connectivity index (χ3v) is 3.15. The number of urea groups is 1. The van der Waals surface area contributed by atoms with Crippen molar-refractivity contribution in [2.24, 2.45) is 0 Å². The molecule has 0 saturated carbocycles. The van der Waals surface area contributed by atoms with Gasteiger partial charge in [0.2, 0.25) is 0 Å². The molecule has 2 aliphatic rings. The maximum atomic E-state index is 11.9. The van der Waals surface area contributed by atoms with Gasteiger partial charge in [0.15, 0.2) is 0 Å². The second-order valence-corrected chi connectivity index (χ2v) is 5.79. The molecule has 2 saturated heterocycles. The van der Waals surface area contributed by atoms with Crippen LogP contribution >= 0.6 is 0 Å². The van der Waals surface area contributed by atoms with E-state index in [-0.39, 0.29) is 18.2 Å². The highest BCUT2D eigenvalue weighted by molar-refractivity contribution is 5.77. The van der Waals surface area contributed by atoms with Crippen molar-refractivity contribution in [3.8, 4) is 0 Å². The number of nitrogens with one attached hydrogen (secondary N) is 1. The third-order valence-electron chi connectivity index (χ3n) is 3.15. The molecule has 0 aromatic heterocycles. The predicted molar refractivity (Wildman–Crippen MR) is 66.3 cm³/mol. The quantitative estimate of drug-likeness (QED) is 0.761. The van der Waals surface area contributed by atoms with Crippen LogP contribution in [0.2, 0.25) is 0 Å². The Balaban J connectivity index is 1.88. The summed E-state index contributed by atoms with van der Waals surface area (Å²) in [7, 11) is 0. The Labute approximate surface area is 107 Å². The van der Waals surface area contributed by atoms with E-state index >= 15 is 0 Å². The maximum absolute atomic E-state index is 11.9. The molecule has 0 bridgehead atoms. The summed E-state index contributed by atoms with van der Waals surface area (Å²) < 4.78 is 5.33. The highest BCUT2D eigenvalue weighted by Gasteiger charge is 2.36. The van der Waals surface area contributed by atoms with Gasteiger partial charge in [-0.1, -0.05) is 0 Å². The minimum atomic E-state index is -0.472. The molecule has 102 valence electrons. The molecular weight excluding hydrogens is 234 g/mol. The lowest BCUT2D eigenvalue weighted by atomic mass is 10.2. The summed E-state index contributed by atoms with van der Waals surface area (Å²) in [6.07, 6.45) is 0.539. The Morgan fingerprint density at radius 3 is 2.67 bits per heavy atom. The van der Waals surface area contributed by atoms with E-state index in [2.05, 4.69) is 5.32 Å². The summed E-state index contributed by atoms with van der Waals surface area (Å²) in [5.74, 6) is 0. The summed E-state index contributed by atoms with van der Waals surface area (Å²) >= 11 is 0. The molecule has 0 spiro atoms. The van der Waals surface area contributed by atoms with Crippen molar-refractivity contribution in [2.75, 3.05) is 26.2 Å². The number of carbonyl (C=O) groups excluding carboxylic acids is 2. The number of carbonyl (C=O) groups is 2. The molecule has 1 atom stereocenters. The van der Waals surface area contributed by atoms with Gasteiger partial charge in [0.05, 0.1) is 6.04 Å². The molecule has 6 heteroatoms. The second kappa shape index (κ2) is 4.66. The number of amides is 3. The fourth-order valence-electron chi connectivity index (χ4n) is 2.32. The minimum Gasteiger partial charge on any atom is -0.444 e. The first-order valence-electron chi connectivity index (χ1n) is 6.39. The van der Waals surface area contributed by atoms with E-state index in [1.54, 1.807) is 4.90 Å². The van der Waals surface area contributed by atoms with Crippen LogP contribution < -0.4 is 5.32 Å². The van der Waals surface area contributed by atoms with Gasteiger partial charge < -0.3 is 19.9 Å². The molecule has 0 unspecified atom stereocenters. The number of likely N-dealkylation sites (tertiary alicyclic amines) is 1. The van der Waals surface area contributed by atoms with Gasteiger partial charge in [-0.3, -0.25) is 0 Å². The predicted octanol–water partition coefficient (Wildman–Crippen LogP) is 1.02. The van der Waals surface area contributed by atoms with Crippen molar-refractivity contribution in [1.82, 2.24) is 15.1 Å². The molecule has 2 heterocycles. The van der Waals surface area contributed by atoms with Gasteiger partial charge in [0.1, 0.15) is 5.60 Å². The van der Waals surface area contributed by atoms with Gasteiger partial charge in [0.25, 0.3) is 0 Å². The molecule has 3 amide bonds. The molecule has 0 aliphatic carbocycles. The summed E-state index contributed by atoms with van der Waals surface area (Å²) in [5.41, 5.74) is -0.472. The zero-order chi connectivity index (χ0) is 13.3. The van der Waals surface area contributed by atoms with Crippen LogP contribution in [0, 0.1) is 0 Å². The zero-order valence-corrected chi connectivity index (χ0v) is 11.2. The van der Waals surface area contributed by atoms with E-state index in [0.29, 0.717) is 19.6 Å². The normalized spacial score (nSPS) is 24.4. The average molecular weight is 255 g/mol. The molecule has 0 aromatic carbocycles. The lowest BCUT2D eigenvalue weighted by molar-refractivity contribution is 0.0284. The van der Waals surface area contributed by atoms with Crippen molar-refractivity contribution in [2.45, 2.75) is 38.8 Å². The van der Waals surface area contributed by atoms with Gasteiger partial charge in [0, 0.05) is 26.2 Å². The number of rotatable bonds is 1. The third kappa shape index (κ3) is 2.86. The van der Waals surface area contributed by atoms with Gasteiger partial charge >= 0.3 is 12.1 Å². The Morgan fingerprint density at radius 2 is 2.11 bits per heavy atom. The Hall–Kier alpha value is -1.46. The molecule has 18 heavy (non-hydrogen) atoms. The Kier molecular flexibility index (Phi) is 3.36. The van der Waals surface area contributed by atoms with Crippen LogP contribution in [-0.4, -0.2) is 59.7 Å². The van der Waals surface area contributed by atoms with Crippen LogP contribution in [0.5, 0.6) is 0 Å². The van der Waals surface area contributed by atoms with E-state index < -0.39 is 5.60 Å². The van der Waals surface area contributed by atoms with Gasteiger partial charge in [-0.05, 0) is 27.2 Å². The van der Waals surface area contributed by atoms with Crippen LogP contribution in [0.4, 0.5) is 9.59 Å². The largest absolute Gasteiger partial charge is 0.444 e. The van der Waals surface area contributed by atoms with Crippen molar-refractivity contribution in [3.63, 3.8) is 0 Å². The number of hydrogen-bond acceptors (Lipinski definition) is 3. The Morgan fingerprint density at radius 1 is 1.39 bits per heavy atom. The average Bonchev–Trinajstić information content (AvgIpc) is 2.82. The lowest BCUT2D eigenvalue weighted by Gasteiger charge is -2.26. The van der Waals surface area contributed by atoms with E-state index in [1.807, 2.05) is 25.7 Å². The second-order valence-electron chi connectivity index (χ2n) is 5.79. The van der Waals surface area contributed by atoms with E-state index in [4.69, 9.17) is 4.74 Å². The summed E-state index contributed by atoms with van der Waals surface area (Å²) in [6.45, 7) is 8.21. The summed E-state index contributed by atoms with van der Waals surface area (Å²) in [5, 5.41) is 2.78. The molecule has 1 N–H and O–H groups in total. The molecule has 2 aliphatic heterocycles. The zero-order valence-electron chi connectivity index (χ0n) is 11.2. The van der Waals surface area contributed by atoms with Crippen LogP contribution in [0.3, 0.4) is 0 Å². The molecule has 2 fully saturated rings. The monoisotopic (exact) mass is 255 g/mol. The van der Waals surface area contributed by atoms with Gasteiger partial charge in [-0.25, -0.2) is 9.59 Å². The molecule has 6 nitrogen and oxygen atoms in total. The fourth-order valence-corrected chi connectivity index (χ4v) is 2.32. The highest BCUT2D eigenvalue weighted by Crippen LogP contribution is 2.19. The van der Waals surface area contributed by atoms with Crippen LogP contribution in [-0.2, 0) is 4.74 Å². The van der Waals surface area contributed by atoms with E-state index in [0.717, 1.165) is 13.0 Å². The standard InChI is InChI=1S/C12H21N3O3/c1-12(2,3)18-11(17)14-6-4-9(8-14)15-7-5-13-10(15)16/h9H,4-8H2,1-3H3,(H,13,16)/t9-/m1/s1. The van der Waals surface area contributed by atoms with Crippen molar-refractivity contribution < 1.29 is 14.3 Å². The number of hydrogen-bond donors (Lipinski definition) is 1. The summed E-state index contributed by atoms with van der Waals surface area (Å²) in [4.78, 5) is 26.9. The van der Waals surface area contributed by atoms with Crippen LogP contribution in [0.1, 0.15) is 27.2 Å². The van der Waals surface area contributed by atoms with E-state index in [9.17, 15) is 9.59 Å². The van der Waals surface area contributed by atoms with Crippen LogP contribution in [0.25, 0.3) is 0 Å². The maximum Gasteiger partial charge on any atom is 0.410 e. The first kappa shape index (κ1) is 13.0. The molecule has 0 radical (unpaired) electrons. The van der Waals surface area contributed by atoms with Crippen LogP contribution in [0.15, 0.2) is 0 Å². The van der Waals surface area contributed by atoms with E-state index in [1.165, 1.54) is 0 Å². The van der Waals surface area contributed by atoms with Crippen molar-refractivity contribution in [1.29, 1.82) is 0 Å². The van der Waals surface area contributed by atoms with Gasteiger partial charge in [-0.2, -0.15) is 0 Å². The topological polar surface area (TPSA) is 61.9 Å². The fraction of sp³-hybridized carbons (Fsp3) is 0.833. The van der Waals surface area contributed by atoms with Crippen molar-refractivity contribution in [3.05, 3.63) is 0 Å². The van der Waals surface area contributed by atoms with Gasteiger partial charge in [-0.15, -0.1) is 0 Å². The summed E-state index contributed by atoms with van der Waals surface area (Å²) in [6, 6.07) is 0.103. The smallest absolute Gasteiger partial charge is 0.410 e. The molecule has 2 rings (SSSR count). The first-order valence-corrected chi connectivity index (χ1v) is 6.39. The Bertz CT molecular complexity index is 351. The first-order chi connectivity index (χ1) is 8.37. The SMILES string of the molecule is CC(C)(C)OC(=O)N1CC[C@@H](N2CCNC2=O)C1. The lowest BCUT2D eigenvalue weighted by Crippen LogP contribution is -2.41. The number of nitrogens with zero attached hydrogens (tertiary/aromatic N) is 2. The number of ether oxygens (including phenoxy) is 1. The van der Waals surface area contributed by atoms with Crippen molar-refractivity contribution >= 4 is 12.1 Å². The molecular formula is C12H21N3O3. The highest BCUT2D eigenvalue weighted by atomic mass is 16.6. The minimum absolute atomic E-state index is 0.0222.